The van der Waals surface area contributed by atoms with Gasteiger partial charge in [0.1, 0.15) is 11.4 Å². The normalized spacial score (nSPS) is 18.6. The van der Waals surface area contributed by atoms with E-state index in [1.54, 1.807) is 12.1 Å². The Morgan fingerprint density at radius 1 is 1.11 bits per heavy atom. The summed E-state index contributed by atoms with van der Waals surface area (Å²) in [6.07, 6.45) is -0.815. The second-order valence-corrected chi connectivity index (χ2v) is 9.84. The lowest BCUT2D eigenvalue weighted by atomic mass is 10.0. The third-order valence-electron chi connectivity index (χ3n) is 6.00. The Bertz CT molecular complexity index is 1200. The van der Waals surface area contributed by atoms with E-state index >= 15 is 0 Å². The second kappa shape index (κ2) is 9.45. The van der Waals surface area contributed by atoms with Gasteiger partial charge in [-0.2, -0.15) is 0 Å². The molecule has 9 heteroatoms. The van der Waals surface area contributed by atoms with Crippen LogP contribution in [0.3, 0.4) is 0 Å². The zero-order valence-electron chi connectivity index (χ0n) is 19.9. The van der Waals surface area contributed by atoms with Gasteiger partial charge in [0, 0.05) is 34.7 Å². The summed E-state index contributed by atoms with van der Waals surface area (Å²) in [5.74, 6) is -0.284. The number of hydrogen-bond acceptors (Lipinski definition) is 4. The van der Waals surface area contributed by atoms with Crippen molar-refractivity contribution in [1.82, 2.24) is 9.88 Å². The molecule has 1 aromatic heterocycles. The van der Waals surface area contributed by atoms with Crippen molar-refractivity contribution in [3.05, 3.63) is 54.2 Å². The molecule has 188 valence electrons. The highest BCUT2D eigenvalue weighted by molar-refractivity contribution is 5.96. The zero-order chi connectivity index (χ0) is 25.4. The number of carbonyl (C=O) groups excluding carboxylic acids is 1. The summed E-state index contributed by atoms with van der Waals surface area (Å²) in [7, 11) is 0. The van der Waals surface area contributed by atoms with Crippen LogP contribution >= 0.6 is 0 Å². The number of nitrogens with zero attached hydrogens (tertiary/aromatic N) is 1. The van der Waals surface area contributed by atoms with Crippen molar-refractivity contribution in [3.63, 3.8) is 0 Å². The average molecular weight is 491 g/mol. The van der Waals surface area contributed by atoms with Crippen LogP contribution in [0.4, 0.5) is 18.0 Å². The third kappa shape index (κ3) is 6.08. The highest BCUT2D eigenvalue weighted by Gasteiger charge is 2.32. The standard InChI is InChI=1S/C26H29F3N2O4/c1-25(2,3)35-24(33)30-18-7-8-19(13-18)31-14-22(21-12-16(15-32)4-11-23(21)31)17-5-9-20(10-6-17)34-26(27,28)29/h4-6,9-12,14,18-19,32H,7-8,13,15H2,1-3H3,(H,30,33)/t18-,19-/m1/s1. The van der Waals surface area contributed by atoms with E-state index in [1.165, 1.54) is 12.1 Å². The fourth-order valence-electron chi connectivity index (χ4n) is 4.58. The Balaban J connectivity index is 1.61. The molecule has 6 nitrogen and oxygen atoms in total. The fraction of sp³-hybridized carbons (Fsp3) is 0.423. The maximum Gasteiger partial charge on any atom is 0.573 e. The van der Waals surface area contributed by atoms with E-state index < -0.39 is 18.1 Å². The maximum atomic E-state index is 12.5. The monoisotopic (exact) mass is 490 g/mol. The van der Waals surface area contributed by atoms with Crippen molar-refractivity contribution >= 4 is 17.0 Å². The molecule has 2 atom stereocenters. The van der Waals surface area contributed by atoms with E-state index in [9.17, 15) is 23.1 Å². The number of rotatable bonds is 5. The van der Waals surface area contributed by atoms with Crippen LogP contribution in [0.15, 0.2) is 48.7 Å². The van der Waals surface area contributed by atoms with Crippen LogP contribution in [-0.4, -0.2) is 33.8 Å². The number of aromatic nitrogens is 1. The summed E-state index contributed by atoms with van der Waals surface area (Å²) in [6, 6.07) is 11.6. The Hall–Kier alpha value is -3.20. The molecule has 0 spiro atoms. The summed E-state index contributed by atoms with van der Waals surface area (Å²) in [4.78, 5) is 12.2. The van der Waals surface area contributed by atoms with E-state index in [0.717, 1.165) is 46.9 Å². The van der Waals surface area contributed by atoms with Crippen LogP contribution < -0.4 is 10.1 Å². The Kier molecular flexibility index (Phi) is 6.73. The minimum absolute atomic E-state index is 0.0220. The molecule has 2 aromatic carbocycles. The molecule has 1 aliphatic rings. The first kappa shape index (κ1) is 24.9. The summed E-state index contributed by atoms with van der Waals surface area (Å²) in [5.41, 5.74) is 2.70. The summed E-state index contributed by atoms with van der Waals surface area (Å²) in [5, 5.41) is 13.5. The number of fused-ring (bicyclic) bond motifs is 1. The molecular weight excluding hydrogens is 461 g/mol. The minimum Gasteiger partial charge on any atom is -0.444 e. The van der Waals surface area contributed by atoms with Crippen LogP contribution in [0, 0.1) is 0 Å². The molecule has 0 saturated heterocycles. The van der Waals surface area contributed by atoms with Gasteiger partial charge in [0.25, 0.3) is 0 Å². The average Bonchev–Trinajstić information content (AvgIpc) is 3.35. The van der Waals surface area contributed by atoms with Crippen molar-refractivity contribution in [2.75, 3.05) is 0 Å². The first-order chi connectivity index (χ1) is 16.4. The number of alkyl halides is 3. The van der Waals surface area contributed by atoms with Crippen LogP contribution in [0.2, 0.25) is 0 Å². The quantitative estimate of drug-likeness (QED) is 0.439. The van der Waals surface area contributed by atoms with Crippen LogP contribution in [-0.2, 0) is 11.3 Å². The van der Waals surface area contributed by atoms with Crippen LogP contribution in [0.25, 0.3) is 22.0 Å². The van der Waals surface area contributed by atoms with Gasteiger partial charge in [0.15, 0.2) is 0 Å². The fourth-order valence-corrected chi connectivity index (χ4v) is 4.58. The van der Waals surface area contributed by atoms with Gasteiger partial charge < -0.3 is 24.5 Å². The number of aliphatic hydroxyl groups excluding tert-OH is 1. The molecule has 4 rings (SSSR count). The topological polar surface area (TPSA) is 72.7 Å². The van der Waals surface area contributed by atoms with Crippen molar-refractivity contribution < 1.29 is 32.5 Å². The van der Waals surface area contributed by atoms with Crippen LogP contribution in [0.1, 0.15) is 51.6 Å². The van der Waals surface area contributed by atoms with Gasteiger partial charge in [-0.1, -0.05) is 18.2 Å². The number of carbonyl (C=O) groups is 1. The molecule has 0 radical (unpaired) electrons. The highest BCUT2D eigenvalue weighted by atomic mass is 19.4. The van der Waals surface area contributed by atoms with E-state index in [4.69, 9.17) is 4.74 Å². The van der Waals surface area contributed by atoms with E-state index in [2.05, 4.69) is 14.6 Å². The second-order valence-electron chi connectivity index (χ2n) is 9.84. The minimum atomic E-state index is -4.75. The molecule has 2 N–H and O–H groups in total. The lowest BCUT2D eigenvalue weighted by Gasteiger charge is -2.22. The molecule has 1 heterocycles. The molecule has 0 bridgehead atoms. The van der Waals surface area contributed by atoms with E-state index in [0.29, 0.717) is 0 Å². The van der Waals surface area contributed by atoms with Gasteiger partial charge in [0.05, 0.1) is 6.61 Å². The maximum absolute atomic E-state index is 12.5. The number of nitrogens with one attached hydrogen (secondary N) is 1. The van der Waals surface area contributed by atoms with Crippen molar-refractivity contribution in [1.29, 1.82) is 0 Å². The highest BCUT2D eigenvalue weighted by Crippen LogP contribution is 2.39. The number of aliphatic hydroxyl groups is 1. The lowest BCUT2D eigenvalue weighted by Crippen LogP contribution is -2.38. The third-order valence-corrected chi connectivity index (χ3v) is 6.00. The molecule has 1 fully saturated rings. The molecule has 3 aromatic rings. The molecular formula is C26H29F3N2O4. The van der Waals surface area contributed by atoms with Gasteiger partial charge in [0.2, 0.25) is 0 Å². The number of halogens is 3. The van der Waals surface area contributed by atoms with Crippen molar-refractivity contribution in [2.24, 2.45) is 0 Å². The number of hydrogen-bond donors (Lipinski definition) is 2. The van der Waals surface area contributed by atoms with Gasteiger partial charge in [-0.15, -0.1) is 13.2 Å². The summed E-state index contributed by atoms with van der Waals surface area (Å²) < 4.78 is 49.1. The lowest BCUT2D eigenvalue weighted by molar-refractivity contribution is -0.274. The first-order valence-corrected chi connectivity index (χ1v) is 11.5. The van der Waals surface area contributed by atoms with Crippen molar-refractivity contribution in [2.45, 2.75) is 70.7 Å². The molecule has 0 aliphatic heterocycles. The van der Waals surface area contributed by atoms with Crippen molar-refractivity contribution in [3.8, 4) is 16.9 Å². The largest absolute Gasteiger partial charge is 0.573 e. The Morgan fingerprint density at radius 3 is 2.46 bits per heavy atom. The number of amides is 1. The molecule has 1 saturated carbocycles. The Morgan fingerprint density at radius 2 is 1.83 bits per heavy atom. The van der Waals surface area contributed by atoms with E-state index in [1.807, 2.05) is 45.2 Å². The summed E-state index contributed by atoms with van der Waals surface area (Å²) in [6.45, 7) is 5.34. The summed E-state index contributed by atoms with van der Waals surface area (Å²) >= 11 is 0. The number of ether oxygens (including phenoxy) is 2. The Labute approximate surface area is 201 Å². The zero-order valence-corrected chi connectivity index (χ0v) is 19.9. The van der Waals surface area contributed by atoms with Gasteiger partial charge in [-0.25, -0.2) is 4.79 Å². The predicted molar refractivity (Wildman–Crippen MR) is 126 cm³/mol. The van der Waals surface area contributed by atoms with E-state index in [-0.39, 0.29) is 24.4 Å². The van der Waals surface area contributed by atoms with Crippen LogP contribution in [0.5, 0.6) is 5.75 Å². The molecule has 0 unspecified atom stereocenters. The van der Waals surface area contributed by atoms with Gasteiger partial charge >= 0.3 is 12.5 Å². The molecule has 35 heavy (non-hydrogen) atoms. The predicted octanol–water partition coefficient (Wildman–Crippen LogP) is 6.32. The smallest absolute Gasteiger partial charge is 0.444 e. The number of benzene rings is 2. The first-order valence-electron chi connectivity index (χ1n) is 11.5. The SMILES string of the molecule is CC(C)(C)OC(=O)N[C@@H]1CC[C@@H](n2cc(-c3ccc(OC(F)(F)F)cc3)c3cc(CO)ccc32)C1. The van der Waals surface area contributed by atoms with Gasteiger partial charge in [-0.05, 0) is 75.4 Å². The molecule has 1 amide bonds. The molecule has 1 aliphatic carbocycles. The number of alkyl carbamates (subject to hydrolysis) is 1. The van der Waals surface area contributed by atoms with Gasteiger partial charge in [-0.3, -0.25) is 0 Å².